The molecule has 0 spiro atoms. The van der Waals surface area contributed by atoms with Gasteiger partial charge in [0.05, 0.1) is 22.6 Å². The third-order valence-electron chi connectivity index (χ3n) is 4.23. The molecule has 1 amide bonds. The molecule has 134 valence electrons. The van der Waals surface area contributed by atoms with E-state index in [9.17, 15) is 9.18 Å². The molecule has 0 radical (unpaired) electrons. The highest BCUT2D eigenvalue weighted by Gasteiger charge is 2.19. The van der Waals surface area contributed by atoms with Gasteiger partial charge < -0.3 is 10.2 Å². The van der Waals surface area contributed by atoms with Gasteiger partial charge in [-0.3, -0.25) is 4.79 Å². The Hall–Kier alpha value is -3.15. The summed E-state index contributed by atoms with van der Waals surface area (Å²) in [6.07, 6.45) is 0. The SMILES string of the molecule is Cc1nn(-c2ccc(F)cc2)c(C)c1C(=O)Nc1ccc(N(C)C)cc1. The first-order valence-corrected chi connectivity index (χ1v) is 8.27. The lowest BCUT2D eigenvalue weighted by molar-refractivity contribution is 0.102. The molecule has 0 aliphatic carbocycles. The molecule has 1 aromatic heterocycles. The Morgan fingerprint density at radius 2 is 1.65 bits per heavy atom. The fourth-order valence-electron chi connectivity index (χ4n) is 2.84. The lowest BCUT2D eigenvalue weighted by Crippen LogP contribution is -2.14. The summed E-state index contributed by atoms with van der Waals surface area (Å²) in [5, 5.41) is 7.35. The number of hydrogen-bond acceptors (Lipinski definition) is 3. The first-order valence-electron chi connectivity index (χ1n) is 8.27. The Labute approximate surface area is 152 Å². The van der Waals surface area contributed by atoms with Crippen molar-refractivity contribution in [1.82, 2.24) is 9.78 Å². The first kappa shape index (κ1) is 17.7. The van der Waals surface area contributed by atoms with E-state index in [0.717, 1.165) is 5.69 Å². The van der Waals surface area contributed by atoms with Gasteiger partial charge in [0, 0.05) is 25.5 Å². The van der Waals surface area contributed by atoms with Gasteiger partial charge in [0.15, 0.2) is 0 Å². The second-order valence-electron chi connectivity index (χ2n) is 6.33. The average Bonchev–Trinajstić information content (AvgIpc) is 2.90. The summed E-state index contributed by atoms with van der Waals surface area (Å²) in [4.78, 5) is 14.7. The first-order chi connectivity index (χ1) is 12.4. The van der Waals surface area contributed by atoms with Crippen LogP contribution in [0.4, 0.5) is 15.8 Å². The van der Waals surface area contributed by atoms with Crippen LogP contribution >= 0.6 is 0 Å². The second-order valence-corrected chi connectivity index (χ2v) is 6.33. The lowest BCUT2D eigenvalue weighted by Gasteiger charge is -2.13. The third-order valence-corrected chi connectivity index (χ3v) is 4.23. The number of carbonyl (C=O) groups is 1. The maximum Gasteiger partial charge on any atom is 0.259 e. The minimum atomic E-state index is -0.311. The molecule has 0 bridgehead atoms. The van der Waals surface area contributed by atoms with Crippen LogP contribution in [0.5, 0.6) is 0 Å². The van der Waals surface area contributed by atoms with E-state index in [1.54, 1.807) is 23.7 Å². The van der Waals surface area contributed by atoms with Crippen LogP contribution in [0.15, 0.2) is 48.5 Å². The zero-order valence-electron chi connectivity index (χ0n) is 15.2. The number of nitrogens with zero attached hydrogens (tertiary/aromatic N) is 3. The van der Waals surface area contributed by atoms with Crippen molar-refractivity contribution in [3.8, 4) is 5.69 Å². The molecule has 26 heavy (non-hydrogen) atoms. The number of anilines is 2. The lowest BCUT2D eigenvalue weighted by atomic mass is 10.1. The van der Waals surface area contributed by atoms with Crippen molar-refractivity contribution in [2.45, 2.75) is 13.8 Å². The minimum absolute atomic E-state index is 0.217. The number of aryl methyl sites for hydroxylation is 1. The minimum Gasteiger partial charge on any atom is -0.378 e. The van der Waals surface area contributed by atoms with E-state index < -0.39 is 0 Å². The molecule has 6 heteroatoms. The molecule has 1 heterocycles. The number of rotatable bonds is 4. The zero-order chi connectivity index (χ0) is 18.8. The van der Waals surface area contributed by atoms with E-state index in [1.165, 1.54) is 12.1 Å². The number of amides is 1. The average molecular weight is 352 g/mol. The number of benzene rings is 2. The molecule has 0 saturated heterocycles. The molecule has 1 N–H and O–H groups in total. The molecule has 0 aliphatic heterocycles. The summed E-state index contributed by atoms with van der Waals surface area (Å²) < 4.78 is 14.8. The summed E-state index contributed by atoms with van der Waals surface area (Å²) in [7, 11) is 3.92. The van der Waals surface area contributed by atoms with Crippen molar-refractivity contribution < 1.29 is 9.18 Å². The maximum absolute atomic E-state index is 13.1. The number of halogens is 1. The van der Waals surface area contributed by atoms with E-state index in [1.807, 2.05) is 50.2 Å². The molecule has 0 fully saturated rings. The normalized spacial score (nSPS) is 10.7. The summed E-state index contributed by atoms with van der Waals surface area (Å²) in [5.74, 6) is -0.527. The van der Waals surface area contributed by atoms with Gasteiger partial charge in [0.2, 0.25) is 0 Å². The molecule has 3 aromatic rings. The van der Waals surface area contributed by atoms with Gasteiger partial charge in [-0.15, -0.1) is 0 Å². The Morgan fingerprint density at radius 1 is 1.04 bits per heavy atom. The number of carbonyl (C=O) groups excluding carboxylic acids is 1. The molecular weight excluding hydrogens is 331 g/mol. The van der Waals surface area contributed by atoms with E-state index in [2.05, 4.69) is 10.4 Å². The van der Waals surface area contributed by atoms with Crippen molar-refractivity contribution in [3.63, 3.8) is 0 Å². The van der Waals surface area contributed by atoms with Crippen LogP contribution in [0.2, 0.25) is 0 Å². The quantitative estimate of drug-likeness (QED) is 0.774. The van der Waals surface area contributed by atoms with Gasteiger partial charge in [-0.1, -0.05) is 0 Å². The van der Waals surface area contributed by atoms with Crippen molar-refractivity contribution >= 4 is 17.3 Å². The molecule has 3 rings (SSSR count). The predicted octanol–water partition coefficient (Wildman–Crippen LogP) is 3.95. The van der Waals surface area contributed by atoms with E-state index >= 15 is 0 Å². The van der Waals surface area contributed by atoms with Gasteiger partial charge in [0.1, 0.15) is 5.82 Å². The standard InChI is InChI=1S/C20H21FN4O/c1-13-19(14(2)25(23-13)18-9-5-15(21)6-10-18)20(26)22-16-7-11-17(12-8-16)24(3)4/h5-12H,1-4H3,(H,22,26). The Morgan fingerprint density at radius 3 is 2.23 bits per heavy atom. The highest BCUT2D eigenvalue weighted by molar-refractivity contribution is 6.06. The topological polar surface area (TPSA) is 50.2 Å². The maximum atomic E-state index is 13.1. The Balaban J connectivity index is 1.86. The largest absolute Gasteiger partial charge is 0.378 e. The smallest absolute Gasteiger partial charge is 0.259 e. The summed E-state index contributed by atoms with van der Waals surface area (Å²) in [6.45, 7) is 3.62. The number of nitrogens with one attached hydrogen (secondary N) is 1. The molecule has 0 aliphatic rings. The van der Waals surface area contributed by atoms with Gasteiger partial charge in [-0.2, -0.15) is 5.10 Å². The Kier molecular flexibility index (Phi) is 4.75. The van der Waals surface area contributed by atoms with Gasteiger partial charge in [-0.05, 0) is 62.4 Å². The van der Waals surface area contributed by atoms with Crippen LogP contribution in [0.25, 0.3) is 5.69 Å². The van der Waals surface area contributed by atoms with Gasteiger partial charge >= 0.3 is 0 Å². The van der Waals surface area contributed by atoms with Crippen LogP contribution in [0, 0.1) is 19.7 Å². The van der Waals surface area contributed by atoms with E-state index in [-0.39, 0.29) is 11.7 Å². The monoisotopic (exact) mass is 352 g/mol. The molecule has 0 atom stereocenters. The van der Waals surface area contributed by atoms with Crippen LogP contribution in [-0.2, 0) is 0 Å². The molecule has 0 unspecified atom stereocenters. The van der Waals surface area contributed by atoms with E-state index in [0.29, 0.717) is 28.3 Å². The number of hydrogen-bond donors (Lipinski definition) is 1. The van der Waals surface area contributed by atoms with Crippen molar-refractivity contribution in [1.29, 1.82) is 0 Å². The molecule has 0 saturated carbocycles. The van der Waals surface area contributed by atoms with Crippen molar-refractivity contribution in [2.75, 3.05) is 24.3 Å². The highest BCUT2D eigenvalue weighted by atomic mass is 19.1. The highest BCUT2D eigenvalue weighted by Crippen LogP contribution is 2.21. The van der Waals surface area contributed by atoms with Crippen molar-refractivity contribution in [3.05, 3.63) is 71.3 Å². The van der Waals surface area contributed by atoms with Crippen LogP contribution in [0.3, 0.4) is 0 Å². The summed E-state index contributed by atoms with van der Waals surface area (Å²) in [5.41, 5.74) is 4.33. The van der Waals surface area contributed by atoms with Crippen molar-refractivity contribution in [2.24, 2.45) is 0 Å². The summed E-state index contributed by atoms with van der Waals surface area (Å²) >= 11 is 0. The zero-order valence-corrected chi connectivity index (χ0v) is 15.2. The van der Waals surface area contributed by atoms with Crippen LogP contribution in [-0.4, -0.2) is 29.8 Å². The second kappa shape index (κ2) is 7.00. The fraction of sp³-hybridized carbons (Fsp3) is 0.200. The molecule has 5 nitrogen and oxygen atoms in total. The third kappa shape index (κ3) is 3.44. The predicted molar refractivity (Wildman–Crippen MR) is 102 cm³/mol. The van der Waals surface area contributed by atoms with Crippen LogP contribution < -0.4 is 10.2 Å². The van der Waals surface area contributed by atoms with E-state index in [4.69, 9.17) is 0 Å². The Bertz CT molecular complexity index is 928. The van der Waals surface area contributed by atoms with Crippen LogP contribution in [0.1, 0.15) is 21.7 Å². The fourth-order valence-corrected chi connectivity index (χ4v) is 2.84. The van der Waals surface area contributed by atoms with Gasteiger partial charge in [-0.25, -0.2) is 9.07 Å². The molecular formula is C20H21FN4O. The molecule has 2 aromatic carbocycles. The van der Waals surface area contributed by atoms with Gasteiger partial charge in [0.25, 0.3) is 5.91 Å². The number of aromatic nitrogens is 2. The summed E-state index contributed by atoms with van der Waals surface area (Å²) in [6, 6.07) is 13.6.